The Morgan fingerprint density at radius 3 is 3.08 bits per heavy atom. The van der Waals surface area contributed by atoms with Gasteiger partial charge >= 0.3 is 0 Å². The van der Waals surface area contributed by atoms with Crippen LogP contribution in [0.15, 0.2) is 10.6 Å². The van der Waals surface area contributed by atoms with Crippen LogP contribution in [0, 0.1) is 6.92 Å². The molecule has 1 heterocycles. The van der Waals surface area contributed by atoms with E-state index in [1.807, 2.05) is 6.92 Å². The summed E-state index contributed by atoms with van der Waals surface area (Å²) in [6, 6.07) is 1.76. The van der Waals surface area contributed by atoms with Crippen molar-refractivity contribution >= 4 is 5.91 Å². The van der Waals surface area contributed by atoms with E-state index < -0.39 is 0 Å². The molecular weight excluding hydrogens is 158 g/mol. The van der Waals surface area contributed by atoms with Crippen molar-refractivity contribution in [3.05, 3.63) is 17.5 Å². The SMILES string of the molecule is Cc1cc(CNC(=O)CN)on1. The largest absolute Gasteiger partial charge is 0.359 e. The highest BCUT2D eigenvalue weighted by Gasteiger charge is 2.01. The molecule has 0 unspecified atom stereocenters. The third kappa shape index (κ3) is 2.35. The van der Waals surface area contributed by atoms with E-state index in [1.54, 1.807) is 6.07 Å². The molecule has 0 saturated heterocycles. The predicted octanol–water partition coefficient (Wildman–Crippen LogP) is -0.442. The maximum atomic E-state index is 10.7. The van der Waals surface area contributed by atoms with Crippen LogP contribution in [0.4, 0.5) is 0 Å². The fourth-order valence-corrected chi connectivity index (χ4v) is 0.757. The van der Waals surface area contributed by atoms with Crippen molar-refractivity contribution in [2.45, 2.75) is 13.5 Å². The molecule has 0 bridgehead atoms. The second-order valence-corrected chi connectivity index (χ2v) is 2.42. The standard InChI is InChI=1S/C7H11N3O2/c1-5-2-6(12-10-5)4-9-7(11)3-8/h2H,3-4,8H2,1H3,(H,9,11). The molecule has 1 amide bonds. The maximum Gasteiger partial charge on any atom is 0.234 e. The Balaban J connectivity index is 2.38. The van der Waals surface area contributed by atoms with Gasteiger partial charge in [-0.15, -0.1) is 0 Å². The van der Waals surface area contributed by atoms with Crippen LogP contribution >= 0.6 is 0 Å². The lowest BCUT2D eigenvalue weighted by Gasteiger charge is -1.97. The van der Waals surface area contributed by atoms with Gasteiger partial charge in [-0.25, -0.2) is 0 Å². The molecule has 3 N–H and O–H groups in total. The Hall–Kier alpha value is -1.36. The van der Waals surface area contributed by atoms with Crippen LogP contribution in [0.3, 0.4) is 0 Å². The van der Waals surface area contributed by atoms with Gasteiger partial charge in [0.1, 0.15) is 0 Å². The van der Waals surface area contributed by atoms with Crippen molar-refractivity contribution in [2.24, 2.45) is 5.73 Å². The lowest BCUT2D eigenvalue weighted by Crippen LogP contribution is -2.29. The summed E-state index contributed by atoms with van der Waals surface area (Å²) in [5.41, 5.74) is 5.88. The fraction of sp³-hybridized carbons (Fsp3) is 0.429. The topological polar surface area (TPSA) is 81.2 Å². The third-order valence-corrected chi connectivity index (χ3v) is 1.32. The van der Waals surface area contributed by atoms with Crippen LogP contribution in [-0.2, 0) is 11.3 Å². The summed E-state index contributed by atoms with van der Waals surface area (Å²) < 4.78 is 4.85. The molecule has 1 aromatic heterocycles. The molecular formula is C7H11N3O2. The molecule has 0 aliphatic heterocycles. The number of nitrogens with zero attached hydrogens (tertiary/aromatic N) is 1. The summed E-state index contributed by atoms with van der Waals surface area (Å²) in [5.74, 6) is 0.429. The second-order valence-electron chi connectivity index (χ2n) is 2.42. The molecule has 0 aromatic carbocycles. The summed E-state index contributed by atoms with van der Waals surface area (Å²) >= 11 is 0. The molecule has 0 fully saturated rings. The van der Waals surface area contributed by atoms with Crippen LogP contribution in [-0.4, -0.2) is 17.6 Å². The zero-order valence-electron chi connectivity index (χ0n) is 6.83. The third-order valence-electron chi connectivity index (χ3n) is 1.32. The number of nitrogens with two attached hydrogens (primary N) is 1. The maximum absolute atomic E-state index is 10.7. The van der Waals surface area contributed by atoms with Gasteiger partial charge in [0.05, 0.1) is 18.8 Å². The summed E-state index contributed by atoms with van der Waals surface area (Å²) in [4.78, 5) is 10.7. The number of nitrogens with one attached hydrogen (secondary N) is 1. The molecule has 0 saturated carbocycles. The predicted molar refractivity (Wildman–Crippen MR) is 42.1 cm³/mol. The zero-order valence-corrected chi connectivity index (χ0v) is 6.83. The van der Waals surface area contributed by atoms with Gasteiger partial charge in [0.2, 0.25) is 5.91 Å². The zero-order chi connectivity index (χ0) is 8.97. The number of aromatic nitrogens is 1. The van der Waals surface area contributed by atoms with Gasteiger partial charge in [-0.2, -0.15) is 0 Å². The van der Waals surface area contributed by atoms with Gasteiger partial charge in [0, 0.05) is 6.07 Å². The second kappa shape index (κ2) is 3.87. The van der Waals surface area contributed by atoms with E-state index in [2.05, 4.69) is 10.5 Å². The first-order chi connectivity index (χ1) is 5.72. The Morgan fingerprint density at radius 1 is 1.83 bits per heavy atom. The van der Waals surface area contributed by atoms with Crippen LogP contribution in [0.2, 0.25) is 0 Å². The van der Waals surface area contributed by atoms with Gasteiger partial charge < -0.3 is 15.6 Å². The molecule has 0 aliphatic rings. The molecule has 12 heavy (non-hydrogen) atoms. The fourth-order valence-electron chi connectivity index (χ4n) is 0.757. The summed E-state index contributed by atoms with van der Waals surface area (Å²) in [6.07, 6.45) is 0. The average Bonchev–Trinajstić information content (AvgIpc) is 2.47. The van der Waals surface area contributed by atoms with Crippen molar-refractivity contribution in [3.63, 3.8) is 0 Å². The van der Waals surface area contributed by atoms with Crippen LogP contribution < -0.4 is 11.1 Å². The number of carbonyl (C=O) groups is 1. The van der Waals surface area contributed by atoms with Crippen molar-refractivity contribution in [1.82, 2.24) is 10.5 Å². The van der Waals surface area contributed by atoms with Crippen LogP contribution in [0.1, 0.15) is 11.5 Å². The Labute approximate surface area is 69.9 Å². The Kier molecular flexibility index (Phi) is 2.82. The first kappa shape index (κ1) is 8.73. The highest BCUT2D eigenvalue weighted by Crippen LogP contribution is 2.00. The van der Waals surface area contributed by atoms with E-state index in [0.29, 0.717) is 12.3 Å². The van der Waals surface area contributed by atoms with Gasteiger partial charge in [-0.3, -0.25) is 4.79 Å². The first-order valence-corrected chi connectivity index (χ1v) is 3.61. The minimum Gasteiger partial charge on any atom is -0.359 e. The molecule has 0 aliphatic carbocycles. The summed E-state index contributed by atoms with van der Waals surface area (Å²) in [5, 5.41) is 6.23. The molecule has 5 nitrogen and oxygen atoms in total. The Bertz CT molecular complexity index is 269. The van der Waals surface area contributed by atoms with Gasteiger partial charge in [-0.05, 0) is 6.92 Å². The van der Waals surface area contributed by atoms with Crippen molar-refractivity contribution < 1.29 is 9.32 Å². The molecule has 1 aromatic rings. The van der Waals surface area contributed by atoms with E-state index in [1.165, 1.54) is 0 Å². The number of aryl methyl sites for hydroxylation is 1. The highest BCUT2D eigenvalue weighted by atomic mass is 16.5. The summed E-state index contributed by atoms with van der Waals surface area (Å²) in [6.45, 7) is 2.15. The quantitative estimate of drug-likeness (QED) is 0.642. The minimum atomic E-state index is -0.205. The molecule has 0 atom stereocenters. The summed E-state index contributed by atoms with van der Waals surface area (Å²) in [7, 11) is 0. The highest BCUT2D eigenvalue weighted by molar-refractivity contribution is 5.77. The van der Waals surface area contributed by atoms with E-state index >= 15 is 0 Å². The van der Waals surface area contributed by atoms with Crippen LogP contribution in [0.5, 0.6) is 0 Å². The Morgan fingerprint density at radius 2 is 2.58 bits per heavy atom. The monoisotopic (exact) mass is 169 g/mol. The number of hydrogen-bond donors (Lipinski definition) is 2. The van der Waals surface area contributed by atoms with E-state index in [0.717, 1.165) is 5.69 Å². The van der Waals surface area contributed by atoms with Gasteiger partial charge in [0.15, 0.2) is 5.76 Å². The van der Waals surface area contributed by atoms with Crippen molar-refractivity contribution in [3.8, 4) is 0 Å². The van der Waals surface area contributed by atoms with E-state index in [-0.39, 0.29) is 12.5 Å². The van der Waals surface area contributed by atoms with Gasteiger partial charge in [-0.1, -0.05) is 5.16 Å². The molecule has 5 heteroatoms. The smallest absolute Gasteiger partial charge is 0.234 e. The normalized spacial score (nSPS) is 9.83. The first-order valence-electron chi connectivity index (χ1n) is 3.61. The van der Waals surface area contributed by atoms with E-state index in [9.17, 15) is 4.79 Å². The van der Waals surface area contributed by atoms with Crippen LogP contribution in [0.25, 0.3) is 0 Å². The molecule has 0 radical (unpaired) electrons. The number of hydrogen-bond acceptors (Lipinski definition) is 4. The molecule has 0 spiro atoms. The van der Waals surface area contributed by atoms with Crippen molar-refractivity contribution in [1.29, 1.82) is 0 Å². The number of rotatable bonds is 3. The average molecular weight is 169 g/mol. The van der Waals surface area contributed by atoms with Gasteiger partial charge in [0.25, 0.3) is 0 Å². The lowest BCUT2D eigenvalue weighted by atomic mass is 10.4. The minimum absolute atomic E-state index is 0.00683. The number of amides is 1. The molecule has 1 rings (SSSR count). The van der Waals surface area contributed by atoms with Crippen molar-refractivity contribution in [2.75, 3.05) is 6.54 Å². The lowest BCUT2D eigenvalue weighted by molar-refractivity contribution is -0.119. The number of carbonyl (C=O) groups excluding carboxylic acids is 1. The molecule has 66 valence electrons. The van der Waals surface area contributed by atoms with E-state index in [4.69, 9.17) is 10.3 Å².